The molecule has 1 atom stereocenters. The molecule has 3 heteroatoms. The Hall–Kier alpha value is -0.960. The normalized spacial score (nSPS) is 21.7. The van der Waals surface area contributed by atoms with Crippen molar-refractivity contribution >= 4 is 23.4 Å². The van der Waals surface area contributed by atoms with Crippen LogP contribution in [0.25, 0.3) is 0 Å². The summed E-state index contributed by atoms with van der Waals surface area (Å²) in [6.07, 6.45) is 3.74. The molecule has 0 amide bonds. The molecule has 0 bridgehead atoms. The first-order valence-corrected chi connectivity index (χ1v) is 8.80. The number of halogens is 1. The Kier molecular flexibility index (Phi) is 3.70. The van der Waals surface area contributed by atoms with E-state index in [2.05, 4.69) is 41.3 Å². The monoisotopic (exact) mass is 315 g/mol. The molecular weight excluding hydrogens is 298 g/mol. The standard InChI is InChI=1S/C18H18ClNS/c19-14-7-8-18-15(12-14)16(20-9-3-4-10-20)11-13-5-1-2-6-17(13)21-18/h1-2,5-8,12,16H,3-4,9-11H2. The zero-order valence-corrected chi connectivity index (χ0v) is 13.5. The van der Waals surface area contributed by atoms with Crippen LogP contribution in [0.1, 0.15) is 30.0 Å². The van der Waals surface area contributed by atoms with E-state index in [1.165, 1.54) is 46.8 Å². The van der Waals surface area contributed by atoms with E-state index in [4.69, 9.17) is 11.6 Å². The average molecular weight is 316 g/mol. The molecule has 2 aliphatic rings. The zero-order chi connectivity index (χ0) is 14.2. The molecule has 0 N–H and O–H groups in total. The molecule has 2 aromatic carbocycles. The van der Waals surface area contributed by atoms with Gasteiger partial charge in [-0.2, -0.15) is 0 Å². The molecule has 21 heavy (non-hydrogen) atoms. The lowest BCUT2D eigenvalue weighted by atomic mass is 9.97. The summed E-state index contributed by atoms with van der Waals surface area (Å²) >= 11 is 8.17. The van der Waals surface area contributed by atoms with E-state index in [1.807, 2.05) is 17.8 Å². The van der Waals surface area contributed by atoms with Gasteiger partial charge in [0.25, 0.3) is 0 Å². The van der Waals surface area contributed by atoms with Gasteiger partial charge in [0.1, 0.15) is 0 Å². The highest BCUT2D eigenvalue weighted by molar-refractivity contribution is 7.99. The lowest BCUT2D eigenvalue weighted by Crippen LogP contribution is -2.27. The second-order valence-corrected chi connectivity index (χ2v) is 7.38. The molecule has 108 valence electrons. The quantitative estimate of drug-likeness (QED) is 0.713. The van der Waals surface area contributed by atoms with Crippen LogP contribution in [-0.4, -0.2) is 18.0 Å². The highest BCUT2D eigenvalue weighted by Crippen LogP contribution is 2.44. The summed E-state index contributed by atoms with van der Waals surface area (Å²) in [5, 5.41) is 0.851. The summed E-state index contributed by atoms with van der Waals surface area (Å²) in [5.74, 6) is 0. The molecular formula is C18H18ClNS. The lowest BCUT2D eigenvalue weighted by Gasteiger charge is -2.28. The van der Waals surface area contributed by atoms with Crippen molar-refractivity contribution in [3.05, 3.63) is 58.6 Å². The first-order chi connectivity index (χ1) is 10.3. The Labute approximate surface area is 135 Å². The van der Waals surface area contributed by atoms with E-state index in [0.717, 1.165) is 11.4 Å². The maximum Gasteiger partial charge on any atom is 0.0410 e. The van der Waals surface area contributed by atoms with Crippen molar-refractivity contribution in [1.82, 2.24) is 4.90 Å². The summed E-state index contributed by atoms with van der Waals surface area (Å²) in [6.45, 7) is 2.42. The van der Waals surface area contributed by atoms with E-state index in [-0.39, 0.29) is 0 Å². The van der Waals surface area contributed by atoms with Crippen LogP contribution in [0.4, 0.5) is 0 Å². The van der Waals surface area contributed by atoms with Crippen LogP contribution in [0.2, 0.25) is 5.02 Å². The maximum absolute atomic E-state index is 6.29. The Morgan fingerprint density at radius 1 is 1.00 bits per heavy atom. The third kappa shape index (κ3) is 2.61. The number of rotatable bonds is 1. The SMILES string of the molecule is Clc1ccc2c(c1)C(N1CCCC1)Cc1ccccc1S2. The molecule has 1 unspecified atom stereocenters. The van der Waals surface area contributed by atoms with Crippen LogP contribution in [0.5, 0.6) is 0 Å². The Morgan fingerprint density at radius 3 is 2.67 bits per heavy atom. The molecule has 0 radical (unpaired) electrons. The summed E-state index contributed by atoms with van der Waals surface area (Å²) < 4.78 is 0. The molecule has 4 rings (SSSR count). The zero-order valence-electron chi connectivity index (χ0n) is 11.9. The van der Waals surface area contributed by atoms with Crippen LogP contribution >= 0.6 is 23.4 Å². The molecule has 2 aliphatic heterocycles. The molecule has 0 spiro atoms. The van der Waals surface area contributed by atoms with Gasteiger partial charge in [-0.15, -0.1) is 0 Å². The third-order valence-corrected chi connectivity index (χ3v) is 5.96. The summed E-state index contributed by atoms with van der Waals surface area (Å²) in [5.41, 5.74) is 2.87. The van der Waals surface area contributed by atoms with Crippen molar-refractivity contribution in [2.75, 3.05) is 13.1 Å². The maximum atomic E-state index is 6.29. The van der Waals surface area contributed by atoms with Crippen LogP contribution < -0.4 is 0 Å². The number of hydrogen-bond donors (Lipinski definition) is 0. The fourth-order valence-electron chi connectivity index (χ4n) is 3.46. The van der Waals surface area contributed by atoms with Crippen molar-refractivity contribution in [3.8, 4) is 0 Å². The fourth-order valence-corrected chi connectivity index (χ4v) is 4.76. The minimum absolute atomic E-state index is 0.470. The van der Waals surface area contributed by atoms with Gasteiger partial charge >= 0.3 is 0 Å². The van der Waals surface area contributed by atoms with E-state index >= 15 is 0 Å². The largest absolute Gasteiger partial charge is 0.296 e. The van der Waals surface area contributed by atoms with Crippen molar-refractivity contribution in [2.45, 2.75) is 35.1 Å². The number of hydrogen-bond acceptors (Lipinski definition) is 2. The molecule has 2 aromatic rings. The van der Waals surface area contributed by atoms with Crippen LogP contribution in [0.3, 0.4) is 0 Å². The Morgan fingerprint density at radius 2 is 1.81 bits per heavy atom. The predicted molar refractivity (Wildman–Crippen MR) is 89.3 cm³/mol. The fraction of sp³-hybridized carbons (Fsp3) is 0.333. The van der Waals surface area contributed by atoms with Gasteiger partial charge in [0.2, 0.25) is 0 Å². The van der Waals surface area contributed by atoms with Crippen LogP contribution in [0.15, 0.2) is 52.3 Å². The van der Waals surface area contributed by atoms with Crippen molar-refractivity contribution in [2.24, 2.45) is 0 Å². The van der Waals surface area contributed by atoms with E-state index in [1.54, 1.807) is 0 Å². The van der Waals surface area contributed by atoms with Gasteiger partial charge in [-0.05, 0) is 67.7 Å². The van der Waals surface area contributed by atoms with Gasteiger partial charge < -0.3 is 0 Å². The number of benzene rings is 2. The number of nitrogens with zero attached hydrogens (tertiary/aromatic N) is 1. The first-order valence-electron chi connectivity index (χ1n) is 7.60. The number of likely N-dealkylation sites (tertiary alicyclic amines) is 1. The Balaban J connectivity index is 1.83. The summed E-state index contributed by atoms with van der Waals surface area (Å²) in [4.78, 5) is 5.39. The van der Waals surface area contributed by atoms with E-state index in [0.29, 0.717) is 6.04 Å². The van der Waals surface area contributed by atoms with Crippen molar-refractivity contribution in [1.29, 1.82) is 0 Å². The highest BCUT2D eigenvalue weighted by Gasteiger charge is 2.29. The van der Waals surface area contributed by atoms with Crippen LogP contribution in [0, 0.1) is 0 Å². The molecule has 2 heterocycles. The van der Waals surface area contributed by atoms with Gasteiger partial charge in [-0.1, -0.05) is 41.6 Å². The van der Waals surface area contributed by atoms with Gasteiger partial charge in [0.15, 0.2) is 0 Å². The molecule has 1 fully saturated rings. The topological polar surface area (TPSA) is 3.24 Å². The second-order valence-electron chi connectivity index (χ2n) is 5.85. The second kappa shape index (κ2) is 5.68. The molecule has 1 nitrogen and oxygen atoms in total. The third-order valence-electron chi connectivity index (χ3n) is 4.52. The Bertz CT molecular complexity index is 664. The van der Waals surface area contributed by atoms with Gasteiger partial charge in [-0.3, -0.25) is 4.90 Å². The lowest BCUT2D eigenvalue weighted by molar-refractivity contribution is 0.241. The average Bonchev–Trinajstić information content (AvgIpc) is 2.97. The van der Waals surface area contributed by atoms with Gasteiger partial charge in [-0.25, -0.2) is 0 Å². The smallest absolute Gasteiger partial charge is 0.0410 e. The molecule has 0 saturated carbocycles. The van der Waals surface area contributed by atoms with E-state index in [9.17, 15) is 0 Å². The minimum atomic E-state index is 0.470. The summed E-state index contributed by atoms with van der Waals surface area (Å²) in [6, 6.07) is 15.7. The summed E-state index contributed by atoms with van der Waals surface area (Å²) in [7, 11) is 0. The minimum Gasteiger partial charge on any atom is -0.296 e. The van der Waals surface area contributed by atoms with Gasteiger partial charge in [0, 0.05) is 20.9 Å². The van der Waals surface area contributed by atoms with Crippen molar-refractivity contribution in [3.63, 3.8) is 0 Å². The van der Waals surface area contributed by atoms with Crippen LogP contribution in [-0.2, 0) is 6.42 Å². The van der Waals surface area contributed by atoms with E-state index < -0.39 is 0 Å². The first kappa shape index (κ1) is 13.7. The highest BCUT2D eigenvalue weighted by atomic mass is 35.5. The predicted octanol–water partition coefficient (Wildman–Crippen LogP) is 5.18. The molecule has 0 aliphatic carbocycles. The molecule has 0 aromatic heterocycles. The van der Waals surface area contributed by atoms with Gasteiger partial charge in [0.05, 0.1) is 0 Å². The number of fused-ring (bicyclic) bond motifs is 2. The van der Waals surface area contributed by atoms with Crippen molar-refractivity contribution < 1.29 is 0 Å². The molecule has 1 saturated heterocycles.